The summed E-state index contributed by atoms with van der Waals surface area (Å²) in [5.41, 5.74) is 1.10. The molecule has 2 aromatic carbocycles. The smallest absolute Gasteiger partial charge is 0.416 e. The summed E-state index contributed by atoms with van der Waals surface area (Å²) in [6.45, 7) is 1.51. The van der Waals surface area contributed by atoms with Crippen molar-refractivity contribution in [2.24, 2.45) is 15.3 Å². The van der Waals surface area contributed by atoms with Crippen LogP contribution in [-0.2, 0) is 27.2 Å². The molecule has 0 amide bonds. The second-order valence-electron chi connectivity index (χ2n) is 6.03. The van der Waals surface area contributed by atoms with E-state index in [1.807, 2.05) is 0 Å². The van der Waals surface area contributed by atoms with Crippen molar-refractivity contribution in [3.63, 3.8) is 0 Å². The molecule has 0 radical (unpaired) electrons. The van der Waals surface area contributed by atoms with Gasteiger partial charge in [-0.3, -0.25) is 0 Å². The molecule has 162 valence electrons. The maximum Gasteiger partial charge on any atom is 0.416 e. The average molecular weight is 432 g/mol. The lowest BCUT2D eigenvalue weighted by Gasteiger charge is -2.12. The van der Waals surface area contributed by atoms with Gasteiger partial charge >= 0.3 is 6.18 Å². The Bertz CT molecular complexity index is 1040. The molecule has 0 bridgehead atoms. The third-order valence-corrected chi connectivity index (χ3v) is 4.03. The lowest BCUT2D eigenvalue weighted by atomic mass is 10.0. The van der Waals surface area contributed by atoms with Crippen LogP contribution < -0.4 is 0 Å². The van der Waals surface area contributed by atoms with Crippen molar-refractivity contribution in [2.45, 2.75) is 19.7 Å². The fourth-order valence-corrected chi connectivity index (χ4v) is 2.58. The van der Waals surface area contributed by atoms with E-state index in [-0.39, 0.29) is 29.5 Å². The second-order valence-corrected chi connectivity index (χ2v) is 6.03. The van der Waals surface area contributed by atoms with E-state index in [9.17, 15) is 13.2 Å². The molecular formula is C21H19F3N4O3. The van der Waals surface area contributed by atoms with Gasteiger partial charge < -0.3 is 14.4 Å². The summed E-state index contributed by atoms with van der Waals surface area (Å²) >= 11 is 0. The molecule has 10 heteroatoms. The largest absolute Gasteiger partial charge is 0.479 e. The predicted molar refractivity (Wildman–Crippen MR) is 108 cm³/mol. The quantitative estimate of drug-likeness (QED) is 0.278. The maximum absolute atomic E-state index is 12.9. The van der Waals surface area contributed by atoms with Crippen molar-refractivity contribution < 1.29 is 27.6 Å². The Kier molecular flexibility index (Phi) is 8.14. The zero-order chi connectivity index (χ0) is 22.9. The summed E-state index contributed by atoms with van der Waals surface area (Å²) in [7, 11) is 2.67. The summed E-state index contributed by atoms with van der Waals surface area (Å²) in [4.78, 5) is 13.8. The number of hydrogen-bond acceptors (Lipinski definition) is 7. The third-order valence-electron chi connectivity index (χ3n) is 4.03. The standard InChI is InChI=1S/C21H19F3N4O3/c1-14(15-8-6-9-17(11-15)21(22,23)24)27-31-12-16-7-4-5-10-18(16)19(28-30-3)20(29-2)26-13-25/h4-11H,12H2,1-3H3/b26-20?,27-14-,28-19-. The number of nitriles is 1. The first-order valence-corrected chi connectivity index (χ1v) is 8.86. The molecule has 0 aromatic heterocycles. The molecule has 0 fully saturated rings. The predicted octanol–water partition coefficient (Wildman–Crippen LogP) is 4.52. The Morgan fingerprint density at radius 3 is 2.45 bits per heavy atom. The van der Waals surface area contributed by atoms with Crippen LogP contribution in [0.25, 0.3) is 0 Å². The zero-order valence-electron chi connectivity index (χ0n) is 17.0. The van der Waals surface area contributed by atoms with E-state index < -0.39 is 11.7 Å². The number of alkyl halides is 3. The van der Waals surface area contributed by atoms with Gasteiger partial charge in [0.2, 0.25) is 6.19 Å². The topological polar surface area (TPSA) is 88.6 Å². The molecule has 0 N–H and O–H groups in total. The van der Waals surface area contributed by atoms with Crippen LogP contribution in [0.3, 0.4) is 0 Å². The highest BCUT2D eigenvalue weighted by Gasteiger charge is 2.30. The van der Waals surface area contributed by atoms with E-state index >= 15 is 0 Å². The van der Waals surface area contributed by atoms with Crippen LogP contribution in [-0.4, -0.2) is 31.5 Å². The van der Waals surface area contributed by atoms with Crippen LogP contribution in [0.4, 0.5) is 13.2 Å². The SMILES string of the molecule is CO/N=C(\C(=NC#N)OC)c1ccccc1CO/N=C(/C)c1cccc(C(F)(F)F)c1. The van der Waals surface area contributed by atoms with Gasteiger partial charge in [-0.2, -0.15) is 18.4 Å². The van der Waals surface area contributed by atoms with Crippen molar-refractivity contribution in [1.82, 2.24) is 0 Å². The minimum absolute atomic E-state index is 0.0290. The van der Waals surface area contributed by atoms with E-state index in [1.54, 1.807) is 37.4 Å². The Balaban J connectivity index is 2.27. The molecule has 7 nitrogen and oxygen atoms in total. The van der Waals surface area contributed by atoms with Crippen LogP contribution >= 0.6 is 0 Å². The lowest BCUT2D eigenvalue weighted by molar-refractivity contribution is -0.137. The first-order valence-electron chi connectivity index (χ1n) is 8.86. The average Bonchev–Trinajstić information content (AvgIpc) is 2.76. The highest BCUT2D eigenvalue weighted by atomic mass is 19.4. The van der Waals surface area contributed by atoms with Gasteiger partial charge in [-0.05, 0) is 24.6 Å². The minimum Gasteiger partial charge on any atom is -0.479 e. The molecule has 0 heterocycles. The maximum atomic E-state index is 12.9. The molecule has 31 heavy (non-hydrogen) atoms. The summed E-state index contributed by atoms with van der Waals surface area (Å²) in [5, 5.41) is 16.7. The van der Waals surface area contributed by atoms with Crippen molar-refractivity contribution in [1.29, 1.82) is 5.26 Å². The molecule has 0 atom stereocenters. The van der Waals surface area contributed by atoms with Crippen LogP contribution in [0, 0.1) is 11.5 Å². The van der Waals surface area contributed by atoms with Crippen molar-refractivity contribution in [3.8, 4) is 6.19 Å². The monoisotopic (exact) mass is 432 g/mol. The van der Waals surface area contributed by atoms with Crippen molar-refractivity contribution >= 4 is 17.3 Å². The van der Waals surface area contributed by atoms with Gasteiger partial charge in [0.1, 0.15) is 13.7 Å². The van der Waals surface area contributed by atoms with E-state index in [0.717, 1.165) is 12.1 Å². The Hall–Kier alpha value is -3.87. The summed E-state index contributed by atoms with van der Waals surface area (Å²) in [5.74, 6) is -0.0551. The molecule has 0 aliphatic rings. The number of nitrogens with zero attached hydrogens (tertiary/aromatic N) is 4. The minimum atomic E-state index is -4.45. The van der Waals surface area contributed by atoms with Crippen molar-refractivity contribution in [2.75, 3.05) is 14.2 Å². The summed E-state index contributed by atoms with van der Waals surface area (Å²) in [6.07, 6.45) is -2.82. The molecule has 0 saturated heterocycles. The number of ether oxygens (including phenoxy) is 1. The molecule has 2 rings (SSSR count). The Labute approximate surface area is 177 Å². The summed E-state index contributed by atoms with van der Waals surface area (Å²) < 4.78 is 43.8. The number of benzene rings is 2. The first kappa shape index (κ1) is 23.4. The second kappa shape index (κ2) is 10.8. The molecule has 0 aliphatic carbocycles. The number of methoxy groups -OCH3 is 1. The fourth-order valence-electron chi connectivity index (χ4n) is 2.58. The van der Waals surface area contributed by atoms with Gasteiger partial charge in [0.05, 0.1) is 18.4 Å². The molecule has 0 aliphatic heterocycles. The number of hydrogen-bond donors (Lipinski definition) is 0. The fraction of sp³-hybridized carbons (Fsp3) is 0.238. The van der Waals surface area contributed by atoms with Crippen molar-refractivity contribution in [3.05, 3.63) is 70.8 Å². The highest BCUT2D eigenvalue weighted by Crippen LogP contribution is 2.29. The van der Waals surface area contributed by atoms with Crippen LogP contribution in [0.2, 0.25) is 0 Å². The number of rotatable bonds is 7. The van der Waals surface area contributed by atoms with Gasteiger partial charge in [-0.25, -0.2) is 0 Å². The van der Waals surface area contributed by atoms with Crippen LogP contribution in [0.5, 0.6) is 0 Å². The molecule has 0 spiro atoms. The number of aliphatic imine (C=N–C) groups is 1. The van der Waals surface area contributed by atoms with E-state index in [4.69, 9.17) is 19.7 Å². The van der Waals surface area contributed by atoms with E-state index in [1.165, 1.54) is 26.4 Å². The number of oxime groups is 2. The third kappa shape index (κ3) is 6.30. The molecule has 0 saturated carbocycles. The highest BCUT2D eigenvalue weighted by molar-refractivity contribution is 6.45. The van der Waals surface area contributed by atoms with E-state index in [2.05, 4.69) is 15.3 Å². The number of halogens is 3. The van der Waals surface area contributed by atoms with Crippen LogP contribution in [0.15, 0.2) is 63.8 Å². The first-order chi connectivity index (χ1) is 14.8. The van der Waals surface area contributed by atoms with Crippen LogP contribution in [0.1, 0.15) is 29.2 Å². The normalized spacial score (nSPS) is 12.9. The molecular weight excluding hydrogens is 413 g/mol. The van der Waals surface area contributed by atoms with Gasteiger partial charge in [0.15, 0.2) is 5.71 Å². The van der Waals surface area contributed by atoms with Gasteiger partial charge in [0.25, 0.3) is 5.90 Å². The van der Waals surface area contributed by atoms with Gasteiger partial charge in [0, 0.05) is 11.1 Å². The van der Waals surface area contributed by atoms with E-state index in [0.29, 0.717) is 11.1 Å². The van der Waals surface area contributed by atoms with Gasteiger partial charge in [-0.1, -0.05) is 46.7 Å². The Morgan fingerprint density at radius 2 is 1.81 bits per heavy atom. The zero-order valence-corrected chi connectivity index (χ0v) is 17.0. The summed E-state index contributed by atoms with van der Waals surface area (Å²) in [6, 6.07) is 11.7. The molecule has 0 unspecified atom stereocenters. The molecule has 2 aromatic rings. The Morgan fingerprint density at radius 1 is 1.06 bits per heavy atom. The lowest BCUT2D eigenvalue weighted by Crippen LogP contribution is -2.20. The van der Waals surface area contributed by atoms with Gasteiger partial charge in [-0.15, -0.1) is 4.99 Å².